The van der Waals surface area contributed by atoms with Crippen molar-refractivity contribution in [2.24, 2.45) is 0 Å². The predicted molar refractivity (Wildman–Crippen MR) is 71.8 cm³/mol. The van der Waals surface area contributed by atoms with Gasteiger partial charge in [0.25, 0.3) is 0 Å². The Balaban J connectivity index is 2.97. The first-order chi connectivity index (χ1) is 8.68. The van der Waals surface area contributed by atoms with E-state index in [2.05, 4.69) is 10.3 Å². The number of hydrogen-bond donors (Lipinski definition) is 1. The van der Waals surface area contributed by atoms with E-state index in [4.69, 9.17) is 4.74 Å². The highest BCUT2D eigenvalue weighted by Gasteiger charge is 2.32. The molecule has 104 valence electrons. The van der Waals surface area contributed by atoms with Crippen molar-refractivity contribution in [3.05, 3.63) is 29.6 Å². The molecule has 1 aromatic heterocycles. The highest BCUT2D eigenvalue weighted by atomic mass is 16.6. The molecule has 0 saturated carbocycles. The first kappa shape index (κ1) is 15.1. The van der Waals surface area contributed by atoms with E-state index in [9.17, 15) is 9.59 Å². The van der Waals surface area contributed by atoms with Gasteiger partial charge in [-0.25, -0.2) is 4.79 Å². The molecule has 5 heteroatoms. The van der Waals surface area contributed by atoms with E-state index < -0.39 is 17.2 Å². The number of aryl methyl sites for hydroxylation is 1. The molecule has 0 saturated heterocycles. The van der Waals surface area contributed by atoms with Crippen molar-refractivity contribution in [3.63, 3.8) is 0 Å². The van der Waals surface area contributed by atoms with E-state index in [0.717, 1.165) is 5.56 Å². The highest BCUT2D eigenvalue weighted by molar-refractivity contribution is 5.77. The third-order valence-corrected chi connectivity index (χ3v) is 2.50. The Kier molecular flexibility index (Phi) is 4.29. The highest BCUT2D eigenvalue weighted by Crippen LogP contribution is 2.20. The smallest absolute Gasteiger partial charge is 0.408 e. The molecule has 0 spiro atoms. The fraction of sp³-hybridized carbons (Fsp3) is 0.500. The van der Waals surface area contributed by atoms with Crippen molar-refractivity contribution >= 4 is 12.4 Å². The van der Waals surface area contributed by atoms with Crippen LogP contribution in [0.15, 0.2) is 18.3 Å². The molecule has 1 unspecified atom stereocenters. The molecule has 0 radical (unpaired) electrons. The maximum atomic E-state index is 11.8. The van der Waals surface area contributed by atoms with Crippen molar-refractivity contribution in [2.45, 2.75) is 45.8 Å². The zero-order valence-electron chi connectivity index (χ0n) is 12.0. The van der Waals surface area contributed by atoms with E-state index in [1.165, 1.54) is 0 Å². The van der Waals surface area contributed by atoms with Crippen LogP contribution in [0, 0.1) is 6.92 Å². The van der Waals surface area contributed by atoms with Gasteiger partial charge < -0.3 is 14.8 Å². The number of hydrogen-bond acceptors (Lipinski definition) is 4. The summed E-state index contributed by atoms with van der Waals surface area (Å²) >= 11 is 0. The van der Waals surface area contributed by atoms with Gasteiger partial charge in [-0.1, -0.05) is 6.07 Å². The van der Waals surface area contributed by atoms with Gasteiger partial charge in [-0.3, -0.25) is 4.98 Å². The molecule has 0 fully saturated rings. The minimum atomic E-state index is -1.20. The number of rotatable bonds is 3. The molecule has 0 aliphatic carbocycles. The van der Waals surface area contributed by atoms with E-state index in [1.54, 1.807) is 40.0 Å². The van der Waals surface area contributed by atoms with Gasteiger partial charge in [-0.2, -0.15) is 0 Å². The van der Waals surface area contributed by atoms with Crippen LogP contribution < -0.4 is 5.32 Å². The second-order valence-electron chi connectivity index (χ2n) is 5.62. The van der Waals surface area contributed by atoms with Crippen LogP contribution in [-0.2, 0) is 15.1 Å². The molecular formula is C14H20N2O3. The lowest BCUT2D eigenvalue weighted by Gasteiger charge is -2.28. The number of nitrogens with one attached hydrogen (secondary N) is 1. The zero-order chi connectivity index (χ0) is 14.7. The summed E-state index contributed by atoms with van der Waals surface area (Å²) in [5, 5.41) is 2.57. The lowest BCUT2D eigenvalue weighted by atomic mass is 9.95. The second-order valence-corrected chi connectivity index (χ2v) is 5.62. The number of pyridine rings is 1. The first-order valence-electron chi connectivity index (χ1n) is 6.07. The summed E-state index contributed by atoms with van der Waals surface area (Å²) in [6.07, 6.45) is 1.60. The van der Waals surface area contributed by atoms with Crippen molar-refractivity contribution in [2.75, 3.05) is 0 Å². The molecule has 1 atom stereocenters. The van der Waals surface area contributed by atoms with E-state index in [-0.39, 0.29) is 0 Å². The molecule has 1 aromatic rings. The summed E-state index contributed by atoms with van der Waals surface area (Å²) in [5.74, 6) is 0. The van der Waals surface area contributed by atoms with Gasteiger partial charge in [0.05, 0.1) is 5.69 Å². The second kappa shape index (κ2) is 5.38. The van der Waals surface area contributed by atoms with Crippen LogP contribution in [0.3, 0.4) is 0 Å². The molecule has 19 heavy (non-hydrogen) atoms. The standard InChI is InChI=1S/C14H20N2O3/c1-10-7-6-8-15-11(10)14(5,9-17)16-12(18)19-13(2,3)4/h6-9H,1-5H3,(H,16,18). The minimum absolute atomic E-state index is 0.510. The van der Waals surface area contributed by atoms with Gasteiger partial charge in [-0.15, -0.1) is 0 Å². The normalized spacial score (nSPS) is 14.4. The topological polar surface area (TPSA) is 68.3 Å². The van der Waals surface area contributed by atoms with Crippen LogP contribution in [-0.4, -0.2) is 23.0 Å². The van der Waals surface area contributed by atoms with E-state index >= 15 is 0 Å². The number of carbonyl (C=O) groups is 2. The van der Waals surface area contributed by atoms with Crippen molar-refractivity contribution < 1.29 is 14.3 Å². The zero-order valence-corrected chi connectivity index (χ0v) is 12.0. The molecule has 1 amide bonds. The number of ether oxygens (including phenoxy) is 1. The first-order valence-corrected chi connectivity index (χ1v) is 6.07. The lowest BCUT2D eigenvalue weighted by molar-refractivity contribution is -0.113. The Hall–Kier alpha value is -1.91. The van der Waals surface area contributed by atoms with Gasteiger partial charge >= 0.3 is 6.09 Å². The van der Waals surface area contributed by atoms with Crippen LogP contribution in [0.1, 0.15) is 39.0 Å². The molecule has 0 aromatic carbocycles. The number of aldehydes is 1. The summed E-state index contributed by atoms with van der Waals surface area (Å²) in [6.45, 7) is 8.71. The third kappa shape index (κ3) is 4.05. The SMILES string of the molecule is Cc1cccnc1C(C)(C=O)NC(=O)OC(C)(C)C. The van der Waals surface area contributed by atoms with Gasteiger partial charge in [0.2, 0.25) is 0 Å². The van der Waals surface area contributed by atoms with E-state index in [0.29, 0.717) is 12.0 Å². The average Bonchev–Trinajstić information content (AvgIpc) is 2.26. The number of carbonyl (C=O) groups excluding carboxylic acids is 2. The Morgan fingerprint density at radius 1 is 1.37 bits per heavy atom. The molecule has 1 heterocycles. The number of amides is 1. The molecule has 0 aliphatic heterocycles. The molecule has 1 rings (SSSR count). The van der Waals surface area contributed by atoms with Gasteiger partial charge in [0, 0.05) is 6.20 Å². The van der Waals surface area contributed by atoms with Crippen molar-refractivity contribution in [3.8, 4) is 0 Å². The van der Waals surface area contributed by atoms with Gasteiger partial charge in [0.15, 0.2) is 6.29 Å². The Morgan fingerprint density at radius 3 is 2.47 bits per heavy atom. The summed E-state index contributed by atoms with van der Waals surface area (Å²) in [6, 6.07) is 3.61. The predicted octanol–water partition coefficient (Wildman–Crippen LogP) is 2.33. The lowest BCUT2D eigenvalue weighted by Crippen LogP contribution is -2.47. The molecular weight excluding hydrogens is 244 g/mol. The summed E-state index contributed by atoms with van der Waals surface area (Å²) in [7, 11) is 0. The number of aromatic nitrogens is 1. The minimum Gasteiger partial charge on any atom is -0.444 e. The third-order valence-electron chi connectivity index (χ3n) is 2.50. The average molecular weight is 264 g/mol. The molecule has 0 bridgehead atoms. The van der Waals surface area contributed by atoms with Gasteiger partial charge in [0.1, 0.15) is 11.1 Å². The summed E-state index contributed by atoms with van der Waals surface area (Å²) < 4.78 is 5.16. The van der Waals surface area contributed by atoms with Crippen molar-refractivity contribution in [1.29, 1.82) is 0 Å². The fourth-order valence-corrected chi connectivity index (χ4v) is 1.69. The summed E-state index contributed by atoms with van der Waals surface area (Å²) in [4.78, 5) is 27.3. The van der Waals surface area contributed by atoms with Crippen molar-refractivity contribution in [1.82, 2.24) is 10.3 Å². The maximum absolute atomic E-state index is 11.8. The van der Waals surface area contributed by atoms with Gasteiger partial charge in [-0.05, 0) is 46.2 Å². The maximum Gasteiger partial charge on any atom is 0.408 e. The van der Waals surface area contributed by atoms with Crippen LogP contribution in [0.25, 0.3) is 0 Å². The largest absolute Gasteiger partial charge is 0.444 e. The van der Waals surface area contributed by atoms with Crippen LogP contribution in [0.2, 0.25) is 0 Å². The quantitative estimate of drug-likeness (QED) is 0.851. The van der Waals surface area contributed by atoms with Crippen LogP contribution in [0.5, 0.6) is 0 Å². The Morgan fingerprint density at radius 2 is 2.00 bits per heavy atom. The van der Waals surface area contributed by atoms with Crippen LogP contribution in [0.4, 0.5) is 4.79 Å². The Bertz CT molecular complexity index is 480. The fourth-order valence-electron chi connectivity index (χ4n) is 1.69. The molecule has 0 aliphatic rings. The molecule has 5 nitrogen and oxygen atoms in total. The van der Waals surface area contributed by atoms with E-state index in [1.807, 2.05) is 13.0 Å². The molecule has 1 N–H and O–H groups in total. The number of alkyl carbamates (subject to hydrolysis) is 1. The Labute approximate surface area is 113 Å². The number of nitrogens with zero attached hydrogens (tertiary/aromatic N) is 1. The van der Waals surface area contributed by atoms with Crippen LogP contribution >= 0.6 is 0 Å². The summed E-state index contributed by atoms with van der Waals surface area (Å²) in [5.41, 5.74) is -0.482. The monoisotopic (exact) mass is 264 g/mol.